The molecule has 0 aliphatic carbocycles. The lowest BCUT2D eigenvalue weighted by Gasteiger charge is -2.06. The molecule has 108 valence electrons. The average Bonchev–Trinajstić information content (AvgIpc) is 3.06. The minimum Gasteiger partial charge on any atom is -0.481 e. The van der Waals surface area contributed by atoms with Crippen LogP contribution >= 0.6 is 23.1 Å². The van der Waals surface area contributed by atoms with E-state index in [1.807, 2.05) is 23.6 Å². The van der Waals surface area contributed by atoms with E-state index in [4.69, 9.17) is 5.11 Å². The molecule has 0 amide bonds. The third-order valence-corrected chi connectivity index (χ3v) is 4.54. The van der Waals surface area contributed by atoms with E-state index < -0.39 is 5.97 Å². The van der Waals surface area contributed by atoms with Crippen molar-refractivity contribution in [2.45, 2.75) is 18.6 Å². The molecule has 3 aromatic heterocycles. The Morgan fingerprint density at radius 3 is 3.00 bits per heavy atom. The van der Waals surface area contributed by atoms with Crippen molar-refractivity contribution in [1.82, 2.24) is 19.5 Å². The zero-order chi connectivity index (χ0) is 14.8. The van der Waals surface area contributed by atoms with Crippen molar-refractivity contribution in [2.75, 3.05) is 5.75 Å². The normalized spacial score (nSPS) is 11.1. The molecule has 21 heavy (non-hydrogen) atoms. The summed E-state index contributed by atoms with van der Waals surface area (Å²) >= 11 is 2.76. The first-order valence-electron chi connectivity index (χ1n) is 6.19. The molecule has 0 aromatic carbocycles. The van der Waals surface area contributed by atoms with Gasteiger partial charge in [-0.15, -0.1) is 11.3 Å². The fourth-order valence-electron chi connectivity index (χ4n) is 1.93. The molecule has 3 heterocycles. The molecule has 8 heteroatoms. The van der Waals surface area contributed by atoms with Crippen molar-refractivity contribution >= 4 is 40.2 Å². The molecular weight excluding hydrogens is 308 g/mol. The lowest BCUT2D eigenvalue weighted by Crippen LogP contribution is -2.04. The Morgan fingerprint density at radius 1 is 1.43 bits per heavy atom. The Labute approximate surface area is 128 Å². The Bertz CT molecular complexity index is 783. The number of rotatable bonds is 5. The number of aromatic nitrogens is 4. The molecule has 0 fully saturated rings. The van der Waals surface area contributed by atoms with Crippen LogP contribution in [0.15, 0.2) is 29.0 Å². The van der Waals surface area contributed by atoms with E-state index in [-0.39, 0.29) is 5.75 Å². The second-order valence-corrected chi connectivity index (χ2v) is 6.34. The topological polar surface area (TPSA) is 80.9 Å². The number of hydrogen-bond donors (Lipinski definition) is 1. The average molecular weight is 320 g/mol. The van der Waals surface area contributed by atoms with Crippen molar-refractivity contribution in [3.63, 3.8) is 0 Å². The fraction of sp³-hybridized carbons (Fsp3) is 0.231. The first-order chi connectivity index (χ1) is 10.1. The molecule has 1 N–H and O–H groups in total. The number of thioether (sulfide) groups is 1. The van der Waals surface area contributed by atoms with E-state index in [2.05, 4.69) is 15.0 Å². The van der Waals surface area contributed by atoms with Gasteiger partial charge in [-0.25, -0.2) is 9.97 Å². The van der Waals surface area contributed by atoms with Crippen LogP contribution in [0.3, 0.4) is 0 Å². The second-order valence-electron chi connectivity index (χ2n) is 4.43. The highest BCUT2D eigenvalue weighted by Gasteiger charge is 2.15. The molecule has 0 aliphatic rings. The number of aryl methyl sites for hydroxylation is 1. The zero-order valence-electron chi connectivity index (χ0n) is 11.2. The quantitative estimate of drug-likeness (QED) is 0.727. The maximum absolute atomic E-state index is 10.8. The summed E-state index contributed by atoms with van der Waals surface area (Å²) in [6.07, 6.45) is 1.80. The van der Waals surface area contributed by atoms with Gasteiger partial charge in [0, 0.05) is 16.8 Å². The van der Waals surface area contributed by atoms with Gasteiger partial charge >= 0.3 is 5.97 Å². The summed E-state index contributed by atoms with van der Waals surface area (Å²) in [7, 11) is 0. The summed E-state index contributed by atoms with van der Waals surface area (Å²) in [6.45, 7) is 2.52. The standard InChI is InChI=1S/C13H12N4O2S2/c1-8-2-3-10-12(15-8)17(5-9-4-14-7-21-9)13(16-10)20-6-11(18)19/h2-4,7H,5-6H2,1H3,(H,18,19). The minimum absolute atomic E-state index is 0.0228. The second kappa shape index (κ2) is 5.82. The number of pyridine rings is 1. The number of carbonyl (C=O) groups is 1. The molecule has 0 saturated heterocycles. The number of fused-ring (bicyclic) bond motifs is 1. The number of imidazole rings is 1. The van der Waals surface area contributed by atoms with Crippen molar-refractivity contribution in [2.24, 2.45) is 0 Å². The highest BCUT2D eigenvalue weighted by atomic mass is 32.2. The maximum atomic E-state index is 10.8. The highest BCUT2D eigenvalue weighted by molar-refractivity contribution is 7.99. The first-order valence-corrected chi connectivity index (χ1v) is 8.06. The predicted octanol–water partition coefficient (Wildman–Crippen LogP) is 2.42. The van der Waals surface area contributed by atoms with Gasteiger partial charge in [-0.05, 0) is 19.1 Å². The summed E-state index contributed by atoms with van der Waals surface area (Å²) in [4.78, 5) is 25.0. The molecule has 0 spiro atoms. The number of nitrogens with zero attached hydrogens (tertiary/aromatic N) is 4. The Hall–Kier alpha value is -1.93. The van der Waals surface area contributed by atoms with Crippen molar-refractivity contribution in [3.05, 3.63) is 34.4 Å². The third kappa shape index (κ3) is 3.06. The van der Waals surface area contributed by atoms with Gasteiger partial charge in [-0.2, -0.15) is 0 Å². The summed E-state index contributed by atoms with van der Waals surface area (Å²) in [6, 6.07) is 3.81. The zero-order valence-corrected chi connectivity index (χ0v) is 12.8. The molecule has 3 rings (SSSR count). The smallest absolute Gasteiger partial charge is 0.313 e. The van der Waals surface area contributed by atoms with Gasteiger partial charge in [-0.3, -0.25) is 14.3 Å². The monoisotopic (exact) mass is 320 g/mol. The molecule has 0 atom stereocenters. The van der Waals surface area contributed by atoms with E-state index in [0.717, 1.165) is 21.7 Å². The van der Waals surface area contributed by atoms with Gasteiger partial charge < -0.3 is 5.11 Å². The SMILES string of the molecule is Cc1ccc2nc(SCC(=O)O)n(Cc3cncs3)c2n1. The summed E-state index contributed by atoms with van der Waals surface area (Å²) in [5.41, 5.74) is 4.23. The number of carboxylic acid groups (broad SMARTS) is 1. The van der Waals surface area contributed by atoms with Gasteiger partial charge in [0.05, 0.1) is 17.8 Å². The van der Waals surface area contributed by atoms with Crippen LogP contribution in [-0.2, 0) is 11.3 Å². The van der Waals surface area contributed by atoms with Crippen molar-refractivity contribution < 1.29 is 9.90 Å². The molecule has 6 nitrogen and oxygen atoms in total. The minimum atomic E-state index is -0.861. The van der Waals surface area contributed by atoms with Gasteiger partial charge in [0.15, 0.2) is 10.8 Å². The van der Waals surface area contributed by atoms with Crippen LogP contribution in [-0.4, -0.2) is 36.3 Å². The van der Waals surface area contributed by atoms with E-state index >= 15 is 0 Å². The largest absolute Gasteiger partial charge is 0.481 e. The van der Waals surface area contributed by atoms with Gasteiger partial charge in [-0.1, -0.05) is 11.8 Å². The molecule has 0 bridgehead atoms. The van der Waals surface area contributed by atoms with Crippen LogP contribution in [0.25, 0.3) is 11.2 Å². The predicted molar refractivity (Wildman–Crippen MR) is 81.8 cm³/mol. The van der Waals surface area contributed by atoms with Gasteiger partial charge in [0.1, 0.15) is 5.52 Å². The Morgan fingerprint density at radius 2 is 2.29 bits per heavy atom. The van der Waals surface area contributed by atoms with Crippen molar-refractivity contribution in [3.8, 4) is 0 Å². The van der Waals surface area contributed by atoms with Crippen LogP contribution in [0.1, 0.15) is 10.6 Å². The van der Waals surface area contributed by atoms with E-state index in [9.17, 15) is 4.79 Å². The van der Waals surface area contributed by atoms with Crippen molar-refractivity contribution in [1.29, 1.82) is 0 Å². The number of hydrogen-bond acceptors (Lipinski definition) is 6. The molecular formula is C13H12N4O2S2. The number of aliphatic carboxylic acids is 1. The number of thiazole rings is 1. The fourth-order valence-corrected chi connectivity index (χ4v) is 3.24. The number of carboxylic acids is 1. The molecule has 0 radical (unpaired) electrons. The summed E-state index contributed by atoms with van der Waals surface area (Å²) in [5, 5.41) is 9.53. The van der Waals surface area contributed by atoms with E-state index in [1.165, 1.54) is 11.8 Å². The van der Waals surface area contributed by atoms with Crippen LogP contribution in [0.5, 0.6) is 0 Å². The van der Waals surface area contributed by atoms with E-state index in [0.29, 0.717) is 11.7 Å². The van der Waals surface area contributed by atoms with Crippen LogP contribution in [0, 0.1) is 6.92 Å². The van der Waals surface area contributed by atoms with E-state index in [1.54, 1.807) is 23.0 Å². The molecule has 0 unspecified atom stereocenters. The lowest BCUT2D eigenvalue weighted by molar-refractivity contribution is -0.133. The van der Waals surface area contributed by atoms with Crippen LogP contribution in [0.4, 0.5) is 0 Å². The first kappa shape index (κ1) is 14.0. The Kier molecular flexibility index (Phi) is 3.89. The molecule has 0 saturated carbocycles. The molecule has 0 aliphatic heterocycles. The maximum Gasteiger partial charge on any atom is 0.313 e. The highest BCUT2D eigenvalue weighted by Crippen LogP contribution is 2.25. The summed E-state index contributed by atoms with van der Waals surface area (Å²) < 4.78 is 1.95. The summed E-state index contributed by atoms with van der Waals surface area (Å²) in [5.74, 6) is -0.883. The lowest BCUT2D eigenvalue weighted by atomic mass is 10.3. The van der Waals surface area contributed by atoms with Crippen LogP contribution < -0.4 is 0 Å². The Balaban J connectivity index is 2.04. The third-order valence-electron chi connectivity index (χ3n) is 2.82. The van der Waals surface area contributed by atoms with Gasteiger partial charge in [0.2, 0.25) is 0 Å². The van der Waals surface area contributed by atoms with Crippen LogP contribution in [0.2, 0.25) is 0 Å². The molecule has 3 aromatic rings. The van der Waals surface area contributed by atoms with Gasteiger partial charge in [0.25, 0.3) is 0 Å².